The number of anilines is 2. The van der Waals surface area contributed by atoms with Gasteiger partial charge in [0.05, 0.1) is 0 Å². The molecule has 0 bridgehead atoms. The Balaban J connectivity index is 0.00000118. The van der Waals surface area contributed by atoms with Crippen LogP contribution in [0.4, 0.5) is 11.4 Å². The largest absolute Gasteiger partial charge is 0.371 e. The summed E-state index contributed by atoms with van der Waals surface area (Å²) in [5.41, 5.74) is 19.1. The lowest BCUT2D eigenvalue weighted by molar-refractivity contribution is 0.619. The molecule has 0 fully saturated rings. The summed E-state index contributed by atoms with van der Waals surface area (Å²) < 4.78 is 0. The molecule has 3 aromatic rings. The van der Waals surface area contributed by atoms with Crippen LogP contribution < -0.4 is 9.80 Å². The van der Waals surface area contributed by atoms with Crippen molar-refractivity contribution in [3.63, 3.8) is 0 Å². The second-order valence-corrected chi connectivity index (χ2v) is 12.4. The van der Waals surface area contributed by atoms with E-state index in [9.17, 15) is 0 Å². The molecule has 0 unspecified atom stereocenters. The van der Waals surface area contributed by atoms with E-state index in [1.54, 1.807) is 55.9 Å². The van der Waals surface area contributed by atoms with Crippen LogP contribution in [0.5, 0.6) is 0 Å². The van der Waals surface area contributed by atoms with Gasteiger partial charge in [-0.1, -0.05) is 43.7 Å². The lowest BCUT2D eigenvalue weighted by atomic mass is 9.68. The van der Waals surface area contributed by atoms with Crippen molar-refractivity contribution in [2.75, 3.05) is 36.0 Å². The van der Waals surface area contributed by atoms with Crippen LogP contribution >= 0.6 is 12.6 Å². The third-order valence-corrected chi connectivity index (χ3v) is 10.2. The lowest BCUT2D eigenvalue weighted by Gasteiger charge is -2.43. The number of thiol groups is 1. The Kier molecular flexibility index (Phi) is 6.26. The summed E-state index contributed by atoms with van der Waals surface area (Å²) in [5.74, 6) is 0.301. The Bertz CT molecular complexity index is 1330. The molecule has 198 valence electrons. The predicted molar refractivity (Wildman–Crippen MR) is 164 cm³/mol. The third-order valence-electron chi connectivity index (χ3n) is 9.83. The maximum atomic E-state index is 5.09. The molecular weight excluding hydrogens is 480 g/mol. The van der Waals surface area contributed by atoms with Crippen molar-refractivity contribution in [1.82, 2.24) is 0 Å². The molecule has 0 spiro atoms. The topological polar surface area (TPSA) is 6.48 Å². The van der Waals surface area contributed by atoms with E-state index in [1.807, 2.05) is 13.8 Å². The van der Waals surface area contributed by atoms with Gasteiger partial charge in [0.15, 0.2) is 0 Å². The number of hydrogen-bond donors (Lipinski definition) is 1. The highest BCUT2D eigenvalue weighted by Crippen LogP contribution is 2.52. The predicted octanol–water partition coefficient (Wildman–Crippen LogP) is 7.79. The normalized spacial score (nSPS) is 19.1. The van der Waals surface area contributed by atoms with Gasteiger partial charge in [-0.15, -0.1) is 12.6 Å². The van der Waals surface area contributed by atoms with E-state index in [0.717, 1.165) is 11.3 Å². The summed E-state index contributed by atoms with van der Waals surface area (Å²) in [6.07, 6.45) is 11.3. The molecule has 0 saturated carbocycles. The molecule has 8 rings (SSSR count). The van der Waals surface area contributed by atoms with E-state index < -0.39 is 0 Å². The Hall–Kier alpha value is -2.39. The number of hydrogen-bond acceptors (Lipinski definition) is 3. The molecule has 4 heterocycles. The molecule has 38 heavy (non-hydrogen) atoms. The second kappa shape index (κ2) is 9.66. The highest BCUT2D eigenvalue weighted by Gasteiger charge is 2.38. The van der Waals surface area contributed by atoms with E-state index >= 15 is 0 Å². The van der Waals surface area contributed by atoms with Gasteiger partial charge in [0.2, 0.25) is 0 Å². The van der Waals surface area contributed by atoms with Crippen LogP contribution in [0.1, 0.15) is 101 Å². The molecule has 1 aliphatic carbocycles. The van der Waals surface area contributed by atoms with Gasteiger partial charge in [-0.25, -0.2) is 0 Å². The van der Waals surface area contributed by atoms with Crippen LogP contribution in [0.2, 0.25) is 0 Å². The summed E-state index contributed by atoms with van der Waals surface area (Å²) in [6.45, 7) is 11.2. The maximum absolute atomic E-state index is 5.09. The summed E-state index contributed by atoms with van der Waals surface area (Å²) in [6, 6.07) is 12.3. The molecule has 5 aliphatic rings. The van der Waals surface area contributed by atoms with E-state index in [4.69, 9.17) is 12.6 Å². The van der Waals surface area contributed by atoms with Gasteiger partial charge in [0.1, 0.15) is 0 Å². The molecule has 0 aromatic heterocycles. The molecule has 0 amide bonds. The molecule has 3 aromatic carbocycles. The zero-order valence-electron chi connectivity index (χ0n) is 23.5. The van der Waals surface area contributed by atoms with Crippen LogP contribution in [0.3, 0.4) is 0 Å². The Morgan fingerprint density at radius 2 is 1.13 bits per heavy atom. The maximum Gasteiger partial charge on any atom is 0.0434 e. The fourth-order valence-electron chi connectivity index (χ4n) is 8.41. The molecule has 0 radical (unpaired) electrons. The first-order valence-corrected chi connectivity index (χ1v) is 15.8. The molecule has 2 nitrogen and oxygen atoms in total. The Morgan fingerprint density at radius 1 is 0.632 bits per heavy atom. The standard InChI is InChI=1S/C33H36N2S.C2H6/c1-20-10-11-25(30(36)16-20)31-28-17-21-6-2-12-34-14-4-8-23(32(21)34)26(28)19-27-24-9-5-15-35-13-3-7-22(33(24)35)18-29(27)31;1-2/h10-11,16-18,31,36H,2-9,12-15,19H2,1H3;1-2H3. The quantitative estimate of drug-likeness (QED) is 0.255. The van der Waals surface area contributed by atoms with E-state index in [2.05, 4.69) is 47.1 Å². The lowest BCUT2D eigenvalue weighted by Crippen LogP contribution is -2.37. The van der Waals surface area contributed by atoms with E-state index in [0.29, 0.717) is 5.92 Å². The van der Waals surface area contributed by atoms with Gasteiger partial charge < -0.3 is 9.80 Å². The smallest absolute Gasteiger partial charge is 0.0434 e. The molecule has 4 aliphatic heterocycles. The third kappa shape index (κ3) is 3.68. The van der Waals surface area contributed by atoms with Gasteiger partial charge in [-0.2, -0.15) is 0 Å². The molecule has 0 atom stereocenters. The van der Waals surface area contributed by atoms with Crippen molar-refractivity contribution in [3.8, 4) is 0 Å². The number of fused-ring (bicyclic) bond motifs is 4. The van der Waals surface area contributed by atoms with Gasteiger partial charge in [0, 0.05) is 48.4 Å². The van der Waals surface area contributed by atoms with E-state index in [1.165, 1.54) is 88.7 Å². The first-order chi connectivity index (χ1) is 18.7. The molecule has 0 saturated heterocycles. The number of nitrogens with zero attached hydrogens (tertiary/aromatic N) is 2. The zero-order chi connectivity index (χ0) is 26.0. The van der Waals surface area contributed by atoms with Crippen molar-refractivity contribution in [1.29, 1.82) is 0 Å². The fraction of sp³-hybridized carbons (Fsp3) is 0.486. The molecular formula is C35H42N2S. The second-order valence-electron chi connectivity index (χ2n) is 11.9. The van der Waals surface area contributed by atoms with Crippen molar-refractivity contribution in [2.24, 2.45) is 0 Å². The summed E-state index contributed by atoms with van der Waals surface area (Å²) >= 11 is 5.09. The minimum absolute atomic E-state index is 0.301. The van der Waals surface area contributed by atoms with Crippen LogP contribution in [-0.4, -0.2) is 26.2 Å². The Labute approximate surface area is 234 Å². The Morgan fingerprint density at radius 3 is 1.63 bits per heavy atom. The summed E-state index contributed by atoms with van der Waals surface area (Å²) in [5, 5.41) is 0. The summed E-state index contributed by atoms with van der Waals surface area (Å²) in [7, 11) is 0. The average Bonchev–Trinajstić information content (AvgIpc) is 2.95. The highest BCUT2D eigenvalue weighted by atomic mass is 32.1. The van der Waals surface area contributed by atoms with Crippen molar-refractivity contribution in [3.05, 3.63) is 86.0 Å². The van der Waals surface area contributed by atoms with Crippen LogP contribution in [-0.2, 0) is 32.1 Å². The van der Waals surface area contributed by atoms with Crippen molar-refractivity contribution >= 4 is 24.0 Å². The van der Waals surface area contributed by atoms with Gasteiger partial charge in [-0.3, -0.25) is 0 Å². The van der Waals surface area contributed by atoms with Gasteiger partial charge >= 0.3 is 0 Å². The SMILES string of the molecule is CC.Cc1ccc(C2c3cc4c5c(c3Cc3c2cc2c6c3CCCN6CCC2)CCCN5CCC4)c(S)c1. The zero-order valence-corrected chi connectivity index (χ0v) is 24.4. The minimum Gasteiger partial charge on any atom is -0.371 e. The first-order valence-electron chi connectivity index (χ1n) is 15.3. The average molecular weight is 523 g/mol. The number of benzene rings is 3. The summed E-state index contributed by atoms with van der Waals surface area (Å²) in [4.78, 5) is 6.59. The fourth-order valence-corrected chi connectivity index (χ4v) is 8.82. The van der Waals surface area contributed by atoms with Crippen LogP contribution in [0.15, 0.2) is 35.2 Å². The van der Waals surface area contributed by atoms with Crippen molar-refractivity contribution < 1.29 is 0 Å². The van der Waals surface area contributed by atoms with Gasteiger partial charge in [0.25, 0.3) is 0 Å². The molecule has 0 N–H and O–H groups in total. The number of rotatable bonds is 1. The van der Waals surface area contributed by atoms with Crippen LogP contribution in [0.25, 0.3) is 0 Å². The highest BCUT2D eigenvalue weighted by molar-refractivity contribution is 7.80. The van der Waals surface area contributed by atoms with E-state index in [-0.39, 0.29) is 0 Å². The monoisotopic (exact) mass is 522 g/mol. The van der Waals surface area contributed by atoms with Crippen molar-refractivity contribution in [2.45, 2.75) is 89.4 Å². The van der Waals surface area contributed by atoms with Gasteiger partial charge in [-0.05, 0) is 121 Å². The minimum atomic E-state index is 0.301. The first kappa shape index (κ1) is 24.6. The molecule has 3 heteroatoms. The van der Waals surface area contributed by atoms with Crippen LogP contribution in [0, 0.1) is 6.92 Å². The number of aryl methyl sites for hydroxylation is 3.